The summed E-state index contributed by atoms with van der Waals surface area (Å²) in [6.07, 6.45) is 0.989. The van der Waals surface area contributed by atoms with Gasteiger partial charge < -0.3 is 10.5 Å². The number of halogens is 1. The van der Waals surface area contributed by atoms with Crippen molar-refractivity contribution in [2.45, 2.75) is 20.3 Å². The van der Waals surface area contributed by atoms with Gasteiger partial charge in [-0.1, -0.05) is 37.7 Å². The maximum atomic E-state index is 5.90. The lowest BCUT2D eigenvalue weighted by Crippen LogP contribution is -2.12. The highest BCUT2D eigenvalue weighted by atomic mass is 35.5. The van der Waals surface area contributed by atoms with E-state index in [0.717, 1.165) is 12.0 Å². The molecule has 2 nitrogen and oxygen atoms in total. The number of thiocarbonyl (C=S) groups is 1. The Morgan fingerprint density at radius 2 is 2.19 bits per heavy atom. The molecule has 88 valence electrons. The molecule has 2 N–H and O–H groups in total. The third kappa shape index (κ3) is 3.99. The number of nitrogens with two attached hydrogens (primary N) is 1. The van der Waals surface area contributed by atoms with E-state index in [-0.39, 0.29) is 0 Å². The molecule has 0 aromatic heterocycles. The minimum absolute atomic E-state index is 0.330. The normalized spacial score (nSPS) is 10.5. The van der Waals surface area contributed by atoms with E-state index in [1.165, 1.54) is 0 Å². The fourth-order valence-electron chi connectivity index (χ4n) is 1.22. The largest absolute Gasteiger partial charge is 0.493 e. The first-order valence-corrected chi connectivity index (χ1v) is 6.01. The maximum absolute atomic E-state index is 5.90. The number of ether oxygens (including phenoxy) is 1. The lowest BCUT2D eigenvalue weighted by Gasteiger charge is -2.12. The van der Waals surface area contributed by atoms with Crippen LogP contribution in [-0.4, -0.2) is 11.6 Å². The fourth-order valence-corrected chi connectivity index (χ4v) is 1.55. The van der Waals surface area contributed by atoms with Crippen LogP contribution in [0.2, 0.25) is 5.02 Å². The molecule has 0 atom stereocenters. The van der Waals surface area contributed by atoms with Gasteiger partial charge in [0, 0.05) is 5.02 Å². The summed E-state index contributed by atoms with van der Waals surface area (Å²) in [6.45, 7) is 4.94. The first-order chi connectivity index (χ1) is 7.50. The highest BCUT2D eigenvalue weighted by Gasteiger charge is 2.07. The molecule has 0 spiro atoms. The Balaban J connectivity index is 2.76. The van der Waals surface area contributed by atoms with Crippen molar-refractivity contribution in [2.24, 2.45) is 11.7 Å². The summed E-state index contributed by atoms with van der Waals surface area (Å²) in [5.74, 6) is 1.27. The van der Waals surface area contributed by atoms with E-state index in [9.17, 15) is 0 Å². The number of rotatable bonds is 5. The Morgan fingerprint density at radius 1 is 1.50 bits per heavy atom. The predicted molar refractivity (Wildman–Crippen MR) is 72.3 cm³/mol. The van der Waals surface area contributed by atoms with Crippen molar-refractivity contribution in [1.29, 1.82) is 0 Å². The van der Waals surface area contributed by atoms with E-state index in [1.807, 2.05) is 0 Å². The Kier molecular flexibility index (Phi) is 5.03. The topological polar surface area (TPSA) is 35.2 Å². The molecule has 0 saturated heterocycles. The van der Waals surface area contributed by atoms with Gasteiger partial charge in [-0.3, -0.25) is 0 Å². The van der Waals surface area contributed by atoms with E-state index in [1.54, 1.807) is 18.2 Å². The molecule has 1 rings (SSSR count). The SMILES string of the molecule is CC(C)CCOc1cc(Cl)ccc1C(N)=S. The van der Waals surface area contributed by atoms with Crippen LogP contribution >= 0.6 is 23.8 Å². The second kappa shape index (κ2) is 6.06. The van der Waals surface area contributed by atoms with Gasteiger partial charge in [0.2, 0.25) is 0 Å². The van der Waals surface area contributed by atoms with Crippen molar-refractivity contribution in [2.75, 3.05) is 6.61 Å². The standard InChI is InChI=1S/C12H16ClNOS/c1-8(2)5-6-15-11-7-9(13)3-4-10(11)12(14)16/h3-4,7-8H,5-6H2,1-2H3,(H2,14,16). The van der Waals surface area contributed by atoms with Gasteiger partial charge in [0.25, 0.3) is 0 Å². The zero-order chi connectivity index (χ0) is 12.1. The molecule has 0 aliphatic carbocycles. The van der Waals surface area contributed by atoms with E-state index in [4.69, 9.17) is 34.3 Å². The zero-order valence-corrected chi connectivity index (χ0v) is 11.1. The van der Waals surface area contributed by atoms with Gasteiger partial charge in [-0.15, -0.1) is 0 Å². The monoisotopic (exact) mass is 257 g/mol. The molecule has 0 bridgehead atoms. The molecule has 1 aromatic carbocycles. The van der Waals surface area contributed by atoms with Crippen LogP contribution in [0.15, 0.2) is 18.2 Å². The molecule has 0 heterocycles. The Labute approximate surface area is 107 Å². The van der Waals surface area contributed by atoms with Crippen LogP contribution in [0, 0.1) is 5.92 Å². The molecule has 1 aromatic rings. The highest BCUT2D eigenvalue weighted by molar-refractivity contribution is 7.80. The average molecular weight is 258 g/mol. The summed E-state index contributed by atoms with van der Waals surface area (Å²) >= 11 is 10.8. The molecule has 0 radical (unpaired) electrons. The quantitative estimate of drug-likeness (QED) is 0.822. The second-order valence-electron chi connectivity index (χ2n) is 4.04. The first kappa shape index (κ1) is 13.3. The summed E-state index contributed by atoms with van der Waals surface area (Å²) in [4.78, 5) is 0.330. The molecule has 0 fully saturated rings. The Morgan fingerprint density at radius 3 is 2.75 bits per heavy atom. The number of hydrogen-bond donors (Lipinski definition) is 1. The predicted octanol–water partition coefficient (Wildman–Crippen LogP) is 3.40. The van der Waals surface area contributed by atoms with Gasteiger partial charge in [-0.05, 0) is 30.5 Å². The molecule has 0 aliphatic heterocycles. The first-order valence-electron chi connectivity index (χ1n) is 5.23. The van der Waals surface area contributed by atoms with Gasteiger partial charge in [0.15, 0.2) is 0 Å². The smallest absolute Gasteiger partial charge is 0.130 e. The van der Waals surface area contributed by atoms with Crippen LogP contribution in [0.3, 0.4) is 0 Å². The summed E-state index contributed by atoms with van der Waals surface area (Å²) in [6, 6.07) is 5.29. The molecular weight excluding hydrogens is 242 g/mol. The molecule has 0 amide bonds. The van der Waals surface area contributed by atoms with Crippen LogP contribution in [0.4, 0.5) is 0 Å². The lowest BCUT2D eigenvalue weighted by molar-refractivity contribution is 0.289. The van der Waals surface area contributed by atoms with Crippen molar-refractivity contribution in [3.63, 3.8) is 0 Å². The minimum Gasteiger partial charge on any atom is -0.493 e. The molecule has 0 saturated carbocycles. The van der Waals surface area contributed by atoms with Crippen molar-refractivity contribution >= 4 is 28.8 Å². The lowest BCUT2D eigenvalue weighted by atomic mass is 10.1. The van der Waals surface area contributed by atoms with Crippen molar-refractivity contribution < 1.29 is 4.74 Å². The highest BCUT2D eigenvalue weighted by Crippen LogP contribution is 2.23. The van der Waals surface area contributed by atoms with Crippen molar-refractivity contribution in [3.8, 4) is 5.75 Å². The summed E-state index contributed by atoms with van der Waals surface area (Å²) in [5.41, 5.74) is 6.34. The Bertz CT molecular complexity index is 379. The van der Waals surface area contributed by atoms with Gasteiger partial charge in [0.05, 0.1) is 12.2 Å². The van der Waals surface area contributed by atoms with E-state index < -0.39 is 0 Å². The van der Waals surface area contributed by atoms with Crippen LogP contribution < -0.4 is 10.5 Å². The average Bonchev–Trinajstić information content (AvgIpc) is 2.16. The van der Waals surface area contributed by atoms with E-state index in [2.05, 4.69) is 13.8 Å². The molecule has 4 heteroatoms. The van der Waals surface area contributed by atoms with Crippen LogP contribution in [0.25, 0.3) is 0 Å². The number of benzene rings is 1. The van der Waals surface area contributed by atoms with Gasteiger partial charge >= 0.3 is 0 Å². The molecular formula is C12H16ClNOS. The fraction of sp³-hybridized carbons (Fsp3) is 0.417. The molecule has 16 heavy (non-hydrogen) atoms. The zero-order valence-electron chi connectivity index (χ0n) is 9.50. The minimum atomic E-state index is 0.330. The van der Waals surface area contributed by atoms with Crippen molar-refractivity contribution in [1.82, 2.24) is 0 Å². The third-order valence-corrected chi connectivity index (χ3v) is 2.62. The summed E-state index contributed by atoms with van der Waals surface area (Å²) < 4.78 is 5.64. The summed E-state index contributed by atoms with van der Waals surface area (Å²) in [7, 11) is 0. The number of hydrogen-bond acceptors (Lipinski definition) is 2. The van der Waals surface area contributed by atoms with Gasteiger partial charge in [0.1, 0.15) is 10.7 Å². The molecule has 0 aliphatic rings. The third-order valence-electron chi connectivity index (χ3n) is 2.16. The van der Waals surface area contributed by atoms with Crippen LogP contribution in [0.5, 0.6) is 5.75 Å². The molecule has 0 unspecified atom stereocenters. The second-order valence-corrected chi connectivity index (χ2v) is 4.91. The summed E-state index contributed by atoms with van der Waals surface area (Å²) in [5, 5.41) is 0.625. The Hall–Kier alpha value is -0.800. The van der Waals surface area contributed by atoms with Gasteiger partial charge in [-0.25, -0.2) is 0 Å². The van der Waals surface area contributed by atoms with Crippen LogP contribution in [-0.2, 0) is 0 Å². The van der Waals surface area contributed by atoms with E-state index >= 15 is 0 Å². The van der Waals surface area contributed by atoms with Crippen molar-refractivity contribution in [3.05, 3.63) is 28.8 Å². The van der Waals surface area contributed by atoms with E-state index in [0.29, 0.717) is 28.3 Å². The van der Waals surface area contributed by atoms with Crippen LogP contribution in [0.1, 0.15) is 25.8 Å². The van der Waals surface area contributed by atoms with Gasteiger partial charge in [-0.2, -0.15) is 0 Å². The maximum Gasteiger partial charge on any atom is 0.130 e.